The van der Waals surface area contributed by atoms with Gasteiger partial charge in [0, 0.05) is 18.6 Å². The second-order valence-electron chi connectivity index (χ2n) is 7.08. The summed E-state index contributed by atoms with van der Waals surface area (Å²) in [4.78, 5) is 26.2. The van der Waals surface area contributed by atoms with E-state index in [0.717, 1.165) is 12.1 Å². The van der Waals surface area contributed by atoms with Gasteiger partial charge in [0.15, 0.2) is 0 Å². The molecular formula is C17H22F3N3O3. The molecule has 2 amide bonds. The number of alkyl halides is 3. The minimum absolute atomic E-state index is 0.0101. The van der Waals surface area contributed by atoms with Crippen LogP contribution in [-0.4, -0.2) is 48.2 Å². The molecule has 2 N–H and O–H groups in total. The largest absolute Gasteiger partial charge is 0.573 e. The Hall–Kier alpha value is -2.29. The summed E-state index contributed by atoms with van der Waals surface area (Å²) >= 11 is 0. The van der Waals surface area contributed by atoms with E-state index in [4.69, 9.17) is 0 Å². The van der Waals surface area contributed by atoms with Crippen molar-refractivity contribution >= 4 is 11.8 Å². The van der Waals surface area contributed by atoms with Gasteiger partial charge in [-0.05, 0) is 38.5 Å². The molecule has 9 heteroatoms. The van der Waals surface area contributed by atoms with Gasteiger partial charge in [-0.3, -0.25) is 14.5 Å². The normalized spacial score (nSPS) is 19.0. The van der Waals surface area contributed by atoms with Crippen molar-refractivity contribution in [3.63, 3.8) is 0 Å². The number of nitrogens with zero attached hydrogens (tertiary/aromatic N) is 1. The fourth-order valence-corrected chi connectivity index (χ4v) is 2.74. The zero-order valence-electron chi connectivity index (χ0n) is 14.8. The van der Waals surface area contributed by atoms with Crippen LogP contribution in [-0.2, 0) is 9.59 Å². The van der Waals surface area contributed by atoms with Crippen molar-refractivity contribution in [3.05, 3.63) is 29.8 Å². The highest BCUT2D eigenvalue weighted by molar-refractivity contribution is 5.85. The van der Waals surface area contributed by atoms with Gasteiger partial charge in [0.1, 0.15) is 11.8 Å². The minimum Gasteiger partial charge on any atom is -0.406 e. The van der Waals surface area contributed by atoms with Crippen molar-refractivity contribution in [2.24, 2.45) is 0 Å². The Kier molecular flexibility index (Phi) is 5.80. The van der Waals surface area contributed by atoms with E-state index < -0.39 is 17.9 Å². The molecule has 0 aliphatic carbocycles. The summed E-state index contributed by atoms with van der Waals surface area (Å²) in [6.45, 7) is 6.42. The highest BCUT2D eigenvalue weighted by atomic mass is 19.4. The fraction of sp³-hybridized carbons (Fsp3) is 0.529. The van der Waals surface area contributed by atoms with E-state index in [0.29, 0.717) is 18.7 Å². The standard InChI is InChI=1S/C17H22F3N3O3/c1-16(2,3)22-13(24)10-23-9-8-21-15(25)14(23)11-4-6-12(7-5-11)26-17(18,19)20/h4-7,14H,8-10H2,1-3H3,(H,21,25)(H,22,24). The van der Waals surface area contributed by atoms with Crippen LogP contribution in [0.2, 0.25) is 0 Å². The lowest BCUT2D eigenvalue weighted by atomic mass is 10.0. The Balaban J connectivity index is 2.15. The first-order chi connectivity index (χ1) is 11.9. The van der Waals surface area contributed by atoms with Gasteiger partial charge in [-0.1, -0.05) is 12.1 Å². The van der Waals surface area contributed by atoms with Crippen molar-refractivity contribution in [2.75, 3.05) is 19.6 Å². The van der Waals surface area contributed by atoms with Gasteiger partial charge in [0.05, 0.1) is 6.54 Å². The Morgan fingerprint density at radius 1 is 1.27 bits per heavy atom. The van der Waals surface area contributed by atoms with Crippen LogP contribution in [0.15, 0.2) is 24.3 Å². The van der Waals surface area contributed by atoms with Crippen LogP contribution in [0.1, 0.15) is 32.4 Å². The Bertz CT molecular complexity index is 654. The predicted molar refractivity (Wildman–Crippen MR) is 88.3 cm³/mol. The number of nitrogens with one attached hydrogen (secondary N) is 2. The first-order valence-corrected chi connectivity index (χ1v) is 8.13. The average molecular weight is 373 g/mol. The van der Waals surface area contributed by atoms with Crippen LogP contribution >= 0.6 is 0 Å². The first kappa shape index (κ1) is 20.0. The summed E-state index contributed by atoms with van der Waals surface area (Å²) in [6.07, 6.45) is -4.78. The molecule has 1 atom stereocenters. The van der Waals surface area contributed by atoms with Crippen molar-refractivity contribution in [2.45, 2.75) is 38.7 Å². The second kappa shape index (κ2) is 7.53. The molecule has 0 bridgehead atoms. The van der Waals surface area contributed by atoms with Crippen molar-refractivity contribution in [1.82, 2.24) is 15.5 Å². The van der Waals surface area contributed by atoms with E-state index in [1.165, 1.54) is 12.1 Å². The van der Waals surface area contributed by atoms with Crippen LogP contribution in [0.5, 0.6) is 5.75 Å². The van der Waals surface area contributed by atoms with Gasteiger partial charge in [-0.2, -0.15) is 0 Å². The van der Waals surface area contributed by atoms with E-state index >= 15 is 0 Å². The van der Waals surface area contributed by atoms with Gasteiger partial charge < -0.3 is 15.4 Å². The zero-order valence-corrected chi connectivity index (χ0v) is 14.8. The lowest BCUT2D eigenvalue weighted by Gasteiger charge is -2.35. The lowest BCUT2D eigenvalue weighted by molar-refractivity contribution is -0.274. The van der Waals surface area contributed by atoms with Crippen molar-refractivity contribution in [1.29, 1.82) is 0 Å². The van der Waals surface area contributed by atoms with E-state index in [1.807, 2.05) is 20.8 Å². The van der Waals surface area contributed by atoms with Gasteiger partial charge in [-0.15, -0.1) is 13.2 Å². The zero-order chi connectivity index (χ0) is 19.5. The lowest BCUT2D eigenvalue weighted by Crippen LogP contribution is -2.54. The topological polar surface area (TPSA) is 70.7 Å². The molecule has 1 saturated heterocycles. The molecule has 1 aromatic rings. The summed E-state index contributed by atoms with van der Waals surface area (Å²) < 4.78 is 40.6. The molecule has 0 radical (unpaired) electrons. The molecule has 26 heavy (non-hydrogen) atoms. The monoisotopic (exact) mass is 373 g/mol. The van der Waals surface area contributed by atoms with Crippen molar-refractivity contribution < 1.29 is 27.5 Å². The van der Waals surface area contributed by atoms with E-state index in [-0.39, 0.29) is 24.1 Å². The SMILES string of the molecule is CC(C)(C)NC(=O)CN1CCNC(=O)C1c1ccc(OC(F)(F)F)cc1. The number of hydrogen-bond donors (Lipinski definition) is 2. The molecule has 0 spiro atoms. The highest BCUT2D eigenvalue weighted by Gasteiger charge is 2.34. The third-order valence-electron chi connectivity index (χ3n) is 3.60. The number of halogens is 3. The molecular weight excluding hydrogens is 351 g/mol. The average Bonchev–Trinajstić information content (AvgIpc) is 2.45. The number of hydrogen-bond acceptors (Lipinski definition) is 4. The summed E-state index contributed by atoms with van der Waals surface area (Å²) in [7, 11) is 0. The molecule has 1 aliphatic heterocycles. The summed E-state index contributed by atoms with van der Waals surface area (Å²) in [6, 6.07) is 4.33. The number of benzene rings is 1. The summed E-state index contributed by atoms with van der Waals surface area (Å²) in [5.74, 6) is -0.895. The van der Waals surface area contributed by atoms with Gasteiger partial charge >= 0.3 is 6.36 Å². The Morgan fingerprint density at radius 3 is 2.42 bits per heavy atom. The Morgan fingerprint density at radius 2 is 1.88 bits per heavy atom. The molecule has 1 heterocycles. The fourth-order valence-electron chi connectivity index (χ4n) is 2.74. The van der Waals surface area contributed by atoms with Crippen LogP contribution < -0.4 is 15.4 Å². The molecule has 1 aliphatic rings. The van der Waals surface area contributed by atoms with Crippen LogP contribution in [0, 0.1) is 0 Å². The molecule has 6 nitrogen and oxygen atoms in total. The third kappa shape index (κ3) is 5.91. The second-order valence-corrected chi connectivity index (χ2v) is 7.08. The van der Waals surface area contributed by atoms with Crippen molar-refractivity contribution in [3.8, 4) is 5.75 Å². The third-order valence-corrected chi connectivity index (χ3v) is 3.60. The molecule has 1 fully saturated rings. The van der Waals surface area contributed by atoms with Gasteiger partial charge in [0.2, 0.25) is 11.8 Å². The van der Waals surface area contributed by atoms with Crippen LogP contribution in [0.3, 0.4) is 0 Å². The molecule has 1 aromatic carbocycles. The van der Waals surface area contributed by atoms with E-state index in [1.54, 1.807) is 4.90 Å². The summed E-state index contributed by atoms with van der Waals surface area (Å²) in [5, 5.41) is 5.54. The number of ether oxygens (including phenoxy) is 1. The van der Waals surface area contributed by atoms with E-state index in [9.17, 15) is 22.8 Å². The number of carbonyl (C=O) groups excluding carboxylic acids is 2. The minimum atomic E-state index is -4.78. The number of rotatable bonds is 4. The number of carbonyl (C=O) groups is 2. The van der Waals surface area contributed by atoms with Crippen LogP contribution in [0.4, 0.5) is 13.2 Å². The van der Waals surface area contributed by atoms with Gasteiger partial charge in [0.25, 0.3) is 0 Å². The quantitative estimate of drug-likeness (QED) is 0.847. The maximum Gasteiger partial charge on any atom is 0.573 e. The molecule has 2 rings (SSSR count). The molecule has 144 valence electrons. The maximum absolute atomic E-state index is 12.3. The highest BCUT2D eigenvalue weighted by Crippen LogP contribution is 2.27. The summed E-state index contributed by atoms with van der Waals surface area (Å²) in [5.41, 5.74) is 0.0848. The predicted octanol–water partition coefficient (Wildman–Crippen LogP) is 1.97. The molecule has 0 saturated carbocycles. The number of piperazine rings is 1. The Labute approximate surface area is 149 Å². The van der Waals surface area contributed by atoms with Gasteiger partial charge in [-0.25, -0.2) is 0 Å². The van der Waals surface area contributed by atoms with Crippen LogP contribution in [0.25, 0.3) is 0 Å². The maximum atomic E-state index is 12.3. The van der Waals surface area contributed by atoms with E-state index in [2.05, 4.69) is 15.4 Å². The number of amides is 2. The first-order valence-electron chi connectivity index (χ1n) is 8.13. The smallest absolute Gasteiger partial charge is 0.406 e. The molecule has 0 aromatic heterocycles. The molecule has 1 unspecified atom stereocenters.